The highest BCUT2D eigenvalue weighted by Gasteiger charge is 2.11. The minimum absolute atomic E-state index is 0.0852. The van der Waals surface area contributed by atoms with Gasteiger partial charge in [0.2, 0.25) is 0 Å². The van der Waals surface area contributed by atoms with Gasteiger partial charge in [0.1, 0.15) is 0 Å². The summed E-state index contributed by atoms with van der Waals surface area (Å²) in [5.74, 6) is -0.0852. The minimum atomic E-state index is -0.0852. The maximum Gasteiger partial charge on any atom is 0.252 e. The number of benzene rings is 1. The van der Waals surface area contributed by atoms with Crippen molar-refractivity contribution in [2.45, 2.75) is 6.42 Å². The fourth-order valence-electron chi connectivity index (χ4n) is 1.79. The van der Waals surface area contributed by atoms with Crippen LogP contribution in [0.1, 0.15) is 16.8 Å². The SMILES string of the molecule is O=C(NCC1=CCNCC1)c1ccc(Cl)cc1Br. The predicted molar refractivity (Wildman–Crippen MR) is 77.1 cm³/mol. The molecule has 0 radical (unpaired) electrons. The third-order valence-corrected chi connectivity index (χ3v) is 3.70. The Balaban J connectivity index is 1.97. The van der Waals surface area contributed by atoms with Gasteiger partial charge in [0.05, 0.1) is 5.56 Å². The van der Waals surface area contributed by atoms with Crippen molar-refractivity contribution in [3.05, 3.63) is 44.9 Å². The van der Waals surface area contributed by atoms with E-state index in [9.17, 15) is 4.79 Å². The van der Waals surface area contributed by atoms with E-state index in [0.717, 1.165) is 19.5 Å². The van der Waals surface area contributed by atoms with Crippen molar-refractivity contribution < 1.29 is 4.79 Å². The van der Waals surface area contributed by atoms with Crippen LogP contribution in [0.2, 0.25) is 5.02 Å². The summed E-state index contributed by atoms with van der Waals surface area (Å²) in [6, 6.07) is 5.16. The predicted octanol–water partition coefficient (Wildman–Crippen LogP) is 2.75. The number of nitrogens with one attached hydrogen (secondary N) is 2. The van der Waals surface area contributed by atoms with E-state index in [-0.39, 0.29) is 5.91 Å². The summed E-state index contributed by atoms with van der Waals surface area (Å²) in [6.45, 7) is 2.47. The van der Waals surface area contributed by atoms with Crippen LogP contribution in [0, 0.1) is 0 Å². The first-order chi connectivity index (χ1) is 8.66. The van der Waals surface area contributed by atoms with Crippen LogP contribution in [0.3, 0.4) is 0 Å². The third kappa shape index (κ3) is 3.57. The first-order valence-electron chi connectivity index (χ1n) is 5.78. The fraction of sp³-hybridized carbons (Fsp3) is 0.308. The summed E-state index contributed by atoms with van der Waals surface area (Å²) in [7, 11) is 0. The van der Waals surface area contributed by atoms with Gasteiger partial charge in [-0.15, -0.1) is 0 Å². The Morgan fingerprint density at radius 3 is 3.00 bits per heavy atom. The number of amides is 1. The molecular formula is C13H14BrClN2O. The lowest BCUT2D eigenvalue weighted by molar-refractivity contribution is 0.0956. The zero-order chi connectivity index (χ0) is 13.0. The molecule has 0 unspecified atom stereocenters. The highest BCUT2D eigenvalue weighted by Crippen LogP contribution is 2.21. The first kappa shape index (κ1) is 13.6. The molecule has 0 atom stereocenters. The van der Waals surface area contributed by atoms with Crippen molar-refractivity contribution in [3.63, 3.8) is 0 Å². The third-order valence-electron chi connectivity index (χ3n) is 2.81. The molecule has 1 aliphatic rings. The fourth-order valence-corrected chi connectivity index (χ4v) is 2.66. The van der Waals surface area contributed by atoms with Gasteiger partial charge in [-0.2, -0.15) is 0 Å². The van der Waals surface area contributed by atoms with Gasteiger partial charge in [-0.3, -0.25) is 4.79 Å². The molecule has 1 aromatic rings. The molecule has 2 N–H and O–H groups in total. The van der Waals surface area contributed by atoms with Crippen LogP contribution in [0.25, 0.3) is 0 Å². The summed E-state index contributed by atoms with van der Waals surface area (Å²) in [5.41, 5.74) is 1.88. The van der Waals surface area contributed by atoms with E-state index < -0.39 is 0 Å². The number of hydrogen-bond acceptors (Lipinski definition) is 2. The van der Waals surface area contributed by atoms with E-state index >= 15 is 0 Å². The lowest BCUT2D eigenvalue weighted by Gasteiger charge is -2.14. The average Bonchev–Trinajstić information content (AvgIpc) is 2.37. The van der Waals surface area contributed by atoms with Crippen molar-refractivity contribution in [3.8, 4) is 0 Å². The molecule has 1 heterocycles. The van der Waals surface area contributed by atoms with Crippen molar-refractivity contribution in [1.29, 1.82) is 0 Å². The van der Waals surface area contributed by atoms with Crippen LogP contribution in [-0.4, -0.2) is 25.5 Å². The molecular weight excluding hydrogens is 316 g/mol. The van der Waals surface area contributed by atoms with Crippen molar-refractivity contribution in [2.75, 3.05) is 19.6 Å². The molecule has 1 amide bonds. The van der Waals surface area contributed by atoms with Crippen molar-refractivity contribution in [1.82, 2.24) is 10.6 Å². The molecule has 0 spiro atoms. The highest BCUT2D eigenvalue weighted by atomic mass is 79.9. The summed E-state index contributed by atoms with van der Waals surface area (Å²) in [6.07, 6.45) is 3.11. The number of rotatable bonds is 3. The Hall–Kier alpha value is -0.840. The number of hydrogen-bond donors (Lipinski definition) is 2. The molecule has 5 heteroatoms. The quantitative estimate of drug-likeness (QED) is 0.837. The second kappa shape index (κ2) is 6.36. The number of carbonyl (C=O) groups is 1. The number of halogens is 2. The minimum Gasteiger partial charge on any atom is -0.348 e. The summed E-state index contributed by atoms with van der Waals surface area (Å²) < 4.78 is 0.715. The summed E-state index contributed by atoms with van der Waals surface area (Å²) in [4.78, 5) is 12.0. The van der Waals surface area contributed by atoms with E-state index in [1.54, 1.807) is 18.2 Å². The molecule has 0 fully saturated rings. The molecule has 3 nitrogen and oxygen atoms in total. The molecule has 18 heavy (non-hydrogen) atoms. The van der Waals surface area contributed by atoms with Gasteiger partial charge in [-0.1, -0.05) is 23.3 Å². The van der Waals surface area contributed by atoms with Crippen molar-refractivity contribution in [2.24, 2.45) is 0 Å². The lowest BCUT2D eigenvalue weighted by Crippen LogP contribution is -2.29. The molecule has 0 saturated heterocycles. The van der Waals surface area contributed by atoms with Crippen LogP contribution in [0.4, 0.5) is 0 Å². The van der Waals surface area contributed by atoms with Gasteiger partial charge in [-0.25, -0.2) is 0 Å². The first-order valence-corrected chi connectivity index (χ1v) is 6.96. The highest BCUT2D eigenvalue weighted by molar-refractivity contribution is 9.10. The normalized spacial score (nSPS) is 15.1. The standard InChI is InChI=1S/C13H14BrClN2O/c14-12-7-10(15)1-2-11(12)13(18)17-8-9-3-5-16-6-4-9/h1-3,7,16H,4-6,8H2,(H,17,18). The smallest absolute Gasteiger partial charge is 0.252 e. The molecule has 0 saturated carbocycles. The van der Waals surface area contributed by atoms with Gasteiger partial charge < -0.3 is 10.6 Å². The van der Waals surface area contributed by atoms with Gasteiger partial charge >= 0.3 is 0 Å². The van der Waals surface area contributed by atoms with E-state index in [0.29, 0.717) is 21.6 Å². The van der Waals surface area contributed by atoms with Crippen LogP contribution in [0.15, 0.2) is 34.3 Å². The Labute approximate surface area is 120 Å². The number of carbonyl (C=O) groups excluding carboxylic acids is 1. The molecule has 1 aromatic carbocycles. The van der Waals surface area contributed by atoms with Crippen LogP contribution < -0.4 is 10.6 Å². The second-order valence-electron chi connectivity index (χ2n) is 4.12. The molecule has 96 valence electrons. The van der Waals surface area contributed by atoms with E-state index in [4.69, 9.17) is 11.6 Å². The Morgan fingerprint density at radius 2 is 2.33 bits per heavy atom. The summed E-state index contributed by atoms with van der Waals surface area (Å²) in [5, 5.41) is 6.77. The largest absolute Gasteiger partial charge is 0.348 e. The molecule has 0 bridgehead atoms. The Morgan fingerprint density at radius 1 is 1.50 bits per heavy atom. The molecule has 2 rings (SSSR count). The zero-order valence-electron chi connectivity index (χ0n) is 9.80. The lowest BCUT2D eigenvalue weighted by atomic mass is 10.1. The maximum atomic E-state index is 12.0. The Kier molecular flexibility index (Phi) is 4.80. The van der Waals surface area contributed by atoms with Crippen LogP contribution >= 0.6 is 27.5 Å². The van der Waals surface area contributed by atoms with Gasteiger partial charge in [0, 0.05) is 22.6 Å². The molecule has 0 aliphatic carbocycles. The van der Waals surface area contributed by atoms with Gasteiger partial charge in [0.25, 0.3) is 5.91 Å². The van der Waals surface area contributed by atoms with Crippen molar-refractivity contribution >= 4 is 33.4 Å². The van der Waals surface area contributed by atoms with Crippen LogP contribution in [-0.2, 0) is 0 Å². The van der Waals surface area contributed by atoms with E-state index in [1.165, 1.54) is 5.57 Å². The monoisotopic (exact) mass is 328 g/mol. The zero-order valence-corrected chi connectivity index (χ0v) is 12.1. The molecule has 0 aromatic heterocycles. The van der Waals surface area contributed by atoms with Gasteiger partial charge in [-0.05, 0) is 47.1 Å². The van der Waals surface area contributed by atoms with Crippen LogP contribution in [0.5, 0.6) is 0 Å². The molecule has 1 aliphatic heterocycles. The van der Waals surface area contributed by atoms with Gasteiger partial charge in [0.15, 0.2) is 0 Å². The van der Waals surface area contributed by atoms with E-state index in [2.05, 4.69) is 32.6 Å². The second-order valence-corrected chi connectivity index (χ2v) is 5.41. The summed E-state index contributed by atoms with van der Waals surface area (Å²) >= 11 is 9.19. The Bertz CT molecular complexity index is 488. The topological polar surface area (TPSA) is 41.1 Å². The average molecular weight is 330 g/mol. The van der Waals surface area contributed by atoms with E-state index in [1.807, 2.05) is 0 Å². The maximum absolute atomic E-state index is 12.0.